The highest BCUT2D eigenvalue weighted by Crippen LogP contribution is 2.13. The number of anilines is 1. The minimum Gasteiger partial charge on any atom is -0.317 e. The topological polar surface area (TPSA) is 61.4 Å². The fraction of sp³-hybridized carbons (Fsp3) is 0.538. The Morgan fingerprint density at radius 3 is 2.45 bits per heavy atom. The Balaban J connectivity index is 2.44. The third kappa shape index (κ3) is 6.38. The van der Waals surface area contributed by atoms with Crippen LogP contribution in [0.4, 0.5) is 5.69 Å². The minimum absolute atomic E-state index is 0.496. The van der Waals surface area contributed by atoms with Gasteiger partial charge in [0.1, 0.15) is 0 Å². The van der Waals surface area contributed by atoms with Crippen molar-refractivity contribution in [2.45, 2.75) is 19.8 Å². The van der Waals surface area contributed by atoms with Gasteiger partial charge in [-0.3, -0.25) is 4.72 Å². The van der Waals surface area contributed by atoms with Crippen LogP contribution in [0.3, 0.4) is 0 Å². The first kappa shape index (κ1) is 17.7. The molecule has 0 heterocycles. The van der Waals surface area contributed by atoms with Crippen LogP contribution in [0.5, 0.6) is 0 Å². The fourth-order valence-corrected chi connectivity index (χ4v) is 2.91. The van der Waals surface area contributed by atoms with Crippen molar-refractivity contribution in [1.82, 2.24) is 9.62 Å². The molecular weight excluding hydrogens is 389 g/mol. The molecule has 5 nitrogen and oxygen atoms in total. The van der Waals surface area contributed by atoms with Crippen molar-refractivity contribution in [2.24, 2.45) is 0 Å². The van der Waals surface area contributed by atoms with E-state index in [1.165, 1.54) is 4.31 Å². The molecule has 0 aliphatic carbocycles. The molecule has 0 spiro atoms. The molecule has 0 saturated carbocycles. The van der Waals surface area contributed by atoms with Gasteiger partial charge in [0, 0.05) is 22.8 Å². The quantitative estimate of drug-likeness (QED) is 0.484. The average molecular weight is 411 g/mol. The third-order valence-corrected chi connectivity index (χ3v) is 4.97. The standard InChI is InChI=1S/C13H22IN3O2S/c1-3-9-15-10-4-11-17(2)20(18,19)16-13-7-5-12(14)6-8-13/h5-8,15-16H,3-4,9-11H2,1-2H3. The van der Waals surface area contributed by atoms with Crippen LogP contribution in [0.2, 0.25) is 0 Å². The highest BCUT2D eigenvalue weighted by molar-refractivity contribution is 14.1. The average Bonchev–Trinajstić information content (AvgIpc) is 2.40. The van der Waals surface area contributed by atoms with Crippen molar-refractivity contribution < 1.29 is 8.42 Å². The molecule has 0 unspecified atom stereocenters. The van der Waals surface area contributed by atoms with Crippen molar-refractivity contribution in [2.75, 3.05) is 31.4 Å². The first-order chi connectivity index (χ1) is 9.45. The van der Waals surface area contributed by atoms with Gasteiger partial charge in [-0.05, 0) is 72.8 Å². The normalized spacial score (nSPS) is 11.8. The minimum atomic E-state index is -3.47. The summed E-state index contributed by atoms with van der Waals surface area (Å²) >= 11 is 2.18. The lowest BCUT2D eigenvalue weighted by Crippen LogP contribution is -2.34. The predicted molar refractivity (Wildman–Crippen MR) is 92.1 cm³/mol. The van der Waals surface area contributed by atoms with Crippen LogP contribution in [-0.4, -0.2) is 39.4 Å². The van der Waals surface area contributed by atoms with E-state index in [4.69, 9.17) is 0 Å². The molecular formula is C13H22IN3O2S. The maximum absolute atomic E-state index is 12.1. The molecule has 0 fully saturated rings. The maximum atomic E-state index is 12.1. The summed E-state index contributed by atoms with van der Waals surface area (Å²) in [5.41, 5.74) is 0.585. The van der Waals surface area contributed by atoms with Gasteiger partial charge in [0.15, 0.2) is 0 Å². The first-order valence-corrected chi connectivity index (χ1v) is 9.18. The molecule has 0 saturated heterocycles. The Bertz CT molecular complexity index is 491. The van der Waals surface area contributed by atoms with Gasteiger partial charge >= 0.3 is 10.2 Å². The molecule has 0 aromatic heterocycles. The Morgan fingerprint density at radius 2 is 1.85 bits per heavy atom. The number of benzene rings is 1. The van der Waals surface area contributed by atoms with E-state index in [2.05, 4.69) is 39.6 Å². The second kappa shape index (κ2) is 8.81. The second-order valence-corrected chi connectivity index (χ2v) is 7.56. The zero-order valence-corrected chi connectivity index (χ0v) is 14.9. The molecule has 2 N–H and O–H groups in total. The molecule has 0 radical (unpaired) electrons. The van der Waals surface area contributed by atoms with Gasteiger partial charge in [-0.25, -0.2) is 0 Å². The van der Waals surface area contributed by atoms with Gasteiger partial charge in [-0.1, -0.05) is 6.92 Å². The number of rotatable bonds is 9. The zero-order valence-electron chi connectivity index (χ0n) is 11.9. The summed E-state index contributed by atoms with van der Waals surface area (Å²) in [6.07, 6.45) is 1.88. The Labute approximate surface area is 135 Å². The summed E-state index contributed by atoms with van der Waals surface area (Å²) in [6, 6.07) is 7.26. The van der Waals surface area contributed by atoms with Crippen LogP contribution in [-0.2, 0) is 10.2 Å². The van der Waals surface area contributed by atoms with Crippen molar-refractivity contribution in [3.63, 3.8) is 0 Å². The monoisotopic (exact) mass is 411 g/mol. The van der Waals surface area contributed by atoms with Gasteiger partial charge in [0.25, 0.3) is 0 Å². The molecule has 20 heavy (non-hydrogen) atoms. The Morgan fingerprint density at radius 1 is 1.20 bits per heavy atom. The van der Waals surface area contributed by atoms with E-state index in [9.17, 15) is 8.42 Å². The van der Waals surface area contributed by atoms with Gasteiger partial charge in [-0.15, -0.1) is 0 Å². The van der Waals surface area contributed by atoms with Gasteiger partial charge in [0.05, 0.1) is 0 Å². The molecule has 0 aliphatic heterocycles. The van der Waals surface area contributed by atoms with Crippen molar-refractivity contribution >= 4 is 38.5 Å². The number of nitrogens with zero attached hydrogens (tertiary/aromatic N) is 1. The smallest absolute Gasteiger partial charge is 0.301 e. The number of hydrogen-bond acceptors (Lipinski definition) is 3. The molecule has 0 bridgehead atoms. The van der Waals surface area contributed by atoms with Crippen LogP contribution < -0.4 is 10.0 Å². The van der Waals surface area contributed by atoms with E-state index >= 15 is 0 Å². The Hall–Kier alpha value is -0.380. The second-order valence-electron chi connectivity index (χ2n) is 4.54. The highest BCUT2D eigenvalue weighted by Gasteiger charge is 2.16. The summed E-state index contributed by atoms with van der Waals surface area (Å²) in [4.78, 5) is 0. The van der Waals surface area contributed by atoms with E-state index in [0.717, 1.165) is 29.5 Å². The summed E-state index contributed by atoms with van der Waals surface area (Å²) in [6.45, 7) is 4.40. The fourth-order valence-electron chi connectivity index (χ4n) is 1.59. The zero-order chi connectivity index (χ0) is 15.0. The lowest BCUT2D eigenvalue weighted by molar-refractivity contribution is 0.458. The van der Waals surface area contributed by atoms with Crippen LogP contribution in [0, 0.1) is 3.57 Å². The molecule has 0 amide bonds. The van der Waals surface area contributed by atoms with E-state index < -0.39 is 10.2 Å². The van der Waals surface area contributed by atoms with Crippen LogP contribution >= 0.6 is 22.6 Å². The summed E-state index contributed by atoms with van der Waals surface area (Å²) < 4.78 is 29.2. The third-order valence-electron chi connectivity index (χ3n) is 2.75. The van der Waals surface area contributed by atoms with Crippen molar-refractivity contribution in [3.05, 3.63) is 27.8 Å². The van der Waals surface area contributed by atoms with Gasteiger partial charge < -0.3 is 5.32 Å². The van der Waals surface area contributed by atoms with Crippen LogP contribution in [0.15, 0.2) is 24.3 Å². The van der Waals surface area contributed by atoms with Gasteiger partial charge in [-0.2, -0.15) is 12.7 Å². The lowest BCUT2D eigenvalue weighted by Gasteiger charge is -2.18. The SMILES string of the molecule is CCCNCCCN(C)S(=O)(=O)Nc1ccc(I)cc1. The summed E-state index contributed by atoms with van der Waals surface area (Å²) in [7, 11) is -1.87. The number of hydrogen-bond donors (Lipinski definition) is 2. The van der Waals surface area contributed by atoms with Crippen LogP contribution in [0.25, 0.3) is 0 Å². The molecule has 0 atom stereocenters. The molecule has 1 rings (SSSR count). The molecule has 7 heteroatoms. The summed E-state index contributed by atoms with van der Waals surface area (Å²) in [5.74, 6) is 0. The van der Waals surface area contributed by atoms with Gasteiger partial charge in [0.2, 0.25) is 0 Å². The van der Waals surface area contributed by atoms with E-state index in [-0.39, 0.29) is 0 Å². The molecule has 114 valence electrons. The Kier molecular flexibility index (Phi) is 7.78. The van der Waals surface area contributed by atoms with Crippen LogP contribution in [0.1, 0.15) is 19.8 Å². The lowest BCUT2D eigenvalue weighted by atomic mass is 10.3. The summed E-state index contributed by atoms with van der Waals surface area (Å²) in [5, 5.41) is 3.26. The highest BCUT2D eigenvalue weighted by atomic mass is 127. The largest absolute Gasteiger partial charge is 0.317 e. The molecule has 0 aliphatic rings. The first-order valence-electron chi connectivity index (χ1n) is 6.66. The number of nitrogens with one attached hydrogen (secondary N) is 2. The maximum Gasteiger partial charge on any atom is 0.301 e. The van der Waals surface area contributed by atoms with Crippen molar-refractivity contribution in [3.8, 4) is 0 Å². The number of halogens is 1. The molecule has 1 aromatic rings. The predicted octanol–water partition coefficient (Wildman–Crippen LogP) is 2.27. The van der Waals surface area contributed by atoms with E-state index in [0.29, 0.717) is 12.2 Å². The molecule has 1 aromatic carbocycles. The van der Waals surface area contributed by atoms with E-state index in [1.807, 2.05) is 12.1 Å². The van der Waals surface area contributed by atoms with Crippen molar-refractivity contribution in [1.29, 1.82) is 0 Å². The van der Waals surface area contributed by atoms with E-state index in [1.54, 1.807) is 19.2 Å².